The second kappa shape index (κ2) is 7.40. The zero-order chi connectivity index (χ0) is 15.1. The van der Waals surface area contributed by atoms with E-state index in [9.17, 15) is 9.90 Å². The Labute approximate surface area is 124 Å². The van der Waals surface area contributed by atoms with E-state index in [-0.39, 0.29) is 6.03 Å². The average Bonchev–Trinajstić information content (AvgIpc) is 2.48. The number of aromatic nitrogens is 1. The molecule has 21 heavy (non-hydrogen) atoms. The Balaban J connectivity index is 1.80. The number of pyridine rings is 1. The van der Waals surface area contributed by atoms with E-state index >= 15 is 0 Å². The summed E-state index contributed by atoms with van der Waals surface area (Å²) in [7, 11) is 0. The van der Waals surface area contributed by atoms with E-state index in [2.05, 4.69) is 15.6 Å². The molecule has 1 heterocycles. The first kappa shape index (κ1) is 15.0. The molecule has 5 nitrogen and oxygen atoms in total. The first-order valence-corrected chi connectivity index (χ1v) is 6.88. The number of benzene rings is 1. The van der Waals surface area contributed by atoms with Crippen molar-refractivity contribution in [2.45, 2.75) is 19.4 Å². The zero-order valence-electron chi connectivity index (χ0n) is 11.9. The largest absolute Gasteiger partial charge is 0.389 e. The lowest BCUT2D eigenvalue weighted by molar-refractivity contribution is 0.199. The molecule has 2 aromatic rings. The number of aliphatic hydroxyl groups is 1. The third-order valence-electron chi connectivity index (χ3n) is 3.02. The minimum Gasteiger partial charge on any atom is -0.389 e. The number of anilines is 1. The topological polar surface area (TPSA) is 74.2 Å². The predicted molar refractivity (Wildman–Crippen MR) is 82.0 cm³/mol. The van der Waals surface area contributed by atoms with Crippen molar-refractivity contribution >= 4 is 11.7 Å². The molecule has 0 aliphatic heterocycles. The summed E-state index contributed by atoms with van der Waals surface area (Å²) < 4.78 is 0. The van der Waals surface area contributed by atoms with Gasteiger partial charge in [0.25, 0.3) is 0 Å². The molecule has 5 heteroatoms. The highest BCUT2D eigenvalue weighted by atomic mass is 16.3. The molecule has 1 aromatic heterocycles. The summed E-state index contributed by atoms with van der Waals surface area (Å²) >= 11 is 0. The lowest BCUT2D eigenvalue weighted by atomic mass is 10.1. The summed E-state index contributed by atoms with van der Waals surface area (Å²) in [6.45, 7) is 2.20. The number of urea groups is 1. The Bertz CT molecular complexity index is 585. The minimum atomic E-state index is -0.557. The van der Waals surface area contributed by atoms with Crippen LogP contribution in [0.25, 0.3) is 0 Å². The number of hydrogen-bond acceptors (Lipinski definition) is 3. The van der Waals surface area contributed by atoms with Gasteiger partial charge in [-0.3, -0.25) is 4.98 Å². The Morgan fingerprint density at radius 2 is 2.14 bits per heavy atom. The molecule has 0 saturated heterocycles. The van der Waals surface area contributed by atoms with Crippen LogP contribution in [0.5, 0.6) is 0 Å². The predicted octanol–water partition coefficient (Wildman–Crippen LogP) is 2.50. The van der Waals surface area contributed by atoms with Gasteiger partial charge in [-0.2, -0.15) is 0 Å². The van der Waals surface area contributed by atoms with Crippen molar-refractivity contribution in [2.24, 2.45) is 0 Å². The summed E-state index contributed by atoms with van der Waals surface area (Å²) in [5, 5.41) is 15.0. The van der Waals surface area contributed by atoms with Gasteiger partial charge in [0.15, 0.2) is 0 Å². The van der Waals surface area contributed by atoms with Crippen LogP contribution >= 0.6 is 0 Å². The van der Waals surface area contributed by atoms with Crippen molar-refractivity contribution in [1.29, 1.82) is 0 Å². The van der Waals surface area contributed by atoms with Crippen LogP contribution in [-0.2, 0) is 6.42 Å². The molecule has 2 amide bonds. The molecular formula is C16H19N3O2. The van der Waals surface area contributed by atoms with Crippen LogP contribution in [0.4, 0.5) is 10.5 Å². The molecule has 1 aromatic carbocycles. The smallest absolute Gasteiger partial charge is 0.319 e. The maximum Gasteiger partial charge on any atom is 0.319 e. The highest BCUT2D eigenvalue weighted by molar-refractivity contribution is 5.89. The van der Waals surface area contributed by atoms with Crippen molar-refractivity contribution in [3.05, 3.63) is 59.9 Å². The number of carbonyl (C=O) groups is 1. The van der Waals surface area contributed by atoms with E-state index in [1.165, 1.54) is 0 Å². The molecule has 3 N–H and O–H groups in total. The number of hydrogen-bond donors (Lipinski definition) is 3. The van der Waals surface area contributed by atoms with Gasteiger partial charge in [-0.15, -0.1) is 0 Å². The fourth-order valence-electron chi connectivity index (χ4n) is 1.90. The van der Waals surface area contributed by atoms with Gasteiger partial charge in [0.2, 0.25) is 0 Å². The lowest BCUT2D eigenvalue weighted by Gasteiger charge is -2.10. The van der Waals surface area contributed by atoms with E-state index in [0.717, 1.165) is 11.3 Å². The van der Waals surface area contributed by atoms with Gasteiger partial charge in [0, 0.05) is 30.5 Å². The third kappa shape index (κ3) is 4.89. The molecule has 2 rings (SSSR count). The number of amides is 2. The minimum absolute atomic E-state index is 0.270. The highest BCUT2D eigenvalue weighted by Gasteiger charge is 2.04. The van der Waals surface area contributed by atoms with Gasteiger partial charge in [0.1, 0.15) is 0 Å². The number of nitrogens with zero attached hydrogens (tertiary/aromatic N) is 1. The summed E-state index contributed by atoms with van der Waals surface area (Å²) in [4.78, 5) is 16.0. The summed E-state index contributed by atoms with van der Waals surface area (Å²) in [5.41, 5.74) is 2.36. The first-order chi connectivity index (χ1) is 10.1. The molecule has 0 saturated carbocycles. The molecule has 1 atom stereocenters. The molecule has 0 radical (unpaired) electrons. The van der Waals surface area contributed by atoms with Crippen molar-refractivity contribution in [2.75, 3.05) is 11.9 Å². The normalized spacial score (nSPS) is 11.7. The standard InChI is InChI=1S/C16H19N3O2/c1-12(20)13-5-4-7-15(11-13)19-16(21)18-10-8-14-6-2-3-9-17-14/h2-7,9,11-12,20H,8,10H2,1H3,(H2,18,19,21). The van der Waals surface area contributed by atoms with Crippen molar-refractivity contribution in [3.63, 3.8) is 0 Å². The zero-order valence-corrected chi connectivity index (χ0v) is 11.9. The Kier molecular flexibility index (Phi) is 5.29. The van der Waals surface area contributed by atoms with E-state index < -0.39 is 6.10 Å². The second-order valence-corrected chi connectivity index (χ2v) is 4.75. The molecule has 0 bridgehead atoms. The molecule has 0 spiro atoms. The fraction of sp³-hybridized carbons (Fsp3) is 0.250. The third-order valence-corrected chi connectivity index (χ3v) is 3.02. The lowest BCUT2D eigenvalue weighted by Crippen LogP contribution is -2.30. The molecule has 1 unspecified atom stereocenters. The van der Waals surface area contributed by atoms with E-state index in [1.54, 1.807) is 31.3 Å². The number of rotatable bonds is 5. The Morgan fingerprint density at radius 3 is 2.86 bits per heavy atom. The van der Waals surface area contributed by atoms with Crippen LogP contribution in [0.15, 0.2) is 48.7 Å². The molecule has 110 valence electrons. The fourth-order valence-corrected chi connectivity index (χ4v) is 1.90. The van der Waals surface area contributed by atoms with Gasteiger partial charge in [-0.1, -0.05) is 18.2 Å². The maximum absolute atomic E-state index is 11.8. The van der Waals surface area contributed by atoms with E-state index in [0.29, 0.717) is 18.7 Å². The monoisotopic (exact) mass is 285 g/mol. The number of aliphatic hydroxyl groups excluding tert-OH is 1. The second-order valence-electron chi connectivity index (χ2n) is 4.75. The molecule has 0 aliphatic rings. The van der Waals surface area contributed by atoms with Crippen molar-refractivity contribution < 1.29 is 9.90 Å². The van der Waals surface area contributed by atoms with Crippen LogP contribution in [0.2, 0.25) is 0 Å². The van der Waals surface area contributed by atoms with Crippen LogP contribution in [-0.4, -0.2) is 22.7 Å². The van der Waals surface area contributed by atoms with Crippen molar-refractivity contribution in [3.8, 4) is 0 Å². The quantitative estimate of drug-likeness (QED) is 0.790. The first-order valence-electron chi connectivity index (χ1n) is 6.88. The Morgan fingerprint density at radius 1 is 1.29 bits per heavy atom. The molecular weight excluding hydrogens is 266 g/mol. The Hall–Kier alpha value is -2.40. The van der Waals surface area contributed by atoms with Gasteiger partial charge in [-0.05, 0) is 36.8 Å². The summed E-state index contributed by atoms with van der Waals surface area (Å²) in [6.07, 6.45) is 1.86. The van der Waals surface area contributed by atoms with Gasteiger partial charge >= 0.3 is 6.03 Å². The van der Waals surface area contributed by atoms with Crippen LogP contribution in [0, 0.1) is 0 Å². The van der Waals surface area contributed by atoms with Crippen LogP contribution in [0.3, 0.4) is 0 Å². The SMILES string of the molecule is CC(O)c1cccc(NC(=O)NCCc2ccccn2)c1. The maximum atomic E-state index is 11.8. The van der Waals surface area contributed by atoms with Crippen molar-refractivity contribution in [1.82, 2.24) is 10.3 Å². The van der Waals surface area contributed by atoms with Gasteiger partial charge < -0.3 is 15.7 Å². The molecule has 0 aliphatic carbocycles. The van der Waals surface area contributed by atoms with Gasteiger partial charge in [-0.25, -0.2) is 4.79 Å². The van der Waals surface area contributed by atoms with E-state index in [1.807, 2.05) is 24.3 Å². The summed E-state index contributed by atoms with van der Waals surface area (Å²) in [6, 6.07) is 12.6. The molecule has 0 fully saturated rings. The van der Waals surface area contributed by atoms with Gasteiger partial charge in [0.05, 0.1) is 6.10 Å². The number of carbonyl (C=O) groups excluding carboxylic acids is 1. The number of nitrogens with one attached hydrogen (secondary N) is 2. The van der Waals surface area contributed by atoms with Crippen LogP contribution < -0.4 is 10.6 Å². The summed E-state index contributed by atoms with van der Waals surface area (Å²) in [5.74, 6) is 0. The van der Waals surface area contributed by atoms with E-state index in [4.69, 9.17) is 0 Å². The highest BCUT2D eigenvalue weighted by Crippen LogP contribution is 2.16. The average molecular weight is 285 g/mol. The van der Waals surface area contributed by atoms with Crippen LogP contribution in [0.1, 0.15) is 24.3 Å².